The van der Waals surface area contributed by atoms with Crippen LogP contribution in [0.25, 0.3) is 0 Å². The average molecular weight is 324 g/mol. The molecule has 1 N–H and O–H groups in total. The van der Waals surface area contributed by atoms with Crippen LogP contribution >= 0.6 is 0 Å². The summed E-state index contributed by atoms with van der Waals surface area (Å²) >= 11 is 0. The fourth-order valence-corrected chi connectivity index (χ4v) is 2.60. The molecule has 3 aromatic rings. The highest BCUT2D eigenvalue weighted by Crippen LogP contribution is 2.13. The average Bonchev–Trinajstić information content (AvgIpc) is 3.26. The third kappa shape index (κ3) is 3.90. The number of imidazole rings is 1. The zero-order valence-corrected chi connectivity index (χ0v) is 13.6. The summed E-state index contributed by atoms with van der Waals surface area (Å²) in [6.07, 6.45) is 6.65. The lowest BCUT2D eigenvalue weighted by Gasteiger charge is -2.21. The van der Waals surface area contributed by atoms with Gasteiger partial charge in [-0.2, -0.15) is 0 Å². The van der Waals surface area contributed by atoms with E-state index >= 15 is 0 Å². The first kappa shape index (κ1) is 16.0. The highest BCUT2D eigenvalue weighted by Gasteiger charge is 2.21. The summed E-state index contributed by atoms with van der Waals surface area (Å²) < 4.78 is 4.90. The number of amides is 1. The van der Waals surface area contributed by atoms with Crippen molar-refractivity contribution in [3.63, 3.8) is 0 Å². The molecule has 24 heavy (non-hydrogen) atoms. The molecule has 1 amide bonds. The summed E-state index contributed by atoms with van der Waals surface area (Å²) in [5.41, 5.74) is 2.37. The predicted octanol–water partition coefficient (Wildman–Crippen LogP) is 2.98. The van der Waals surface area contributed by atoms with E-state index in [1.165, 1.54) is 11.8 Å². The molecule has 1 aromatic carbocycles. The van der Waals surface area contributed by atoms with Crippen molar-refractivity contribution in [3.05, 3.63) is 71.6 Å². The summed E-state index contributed by atoms with van der Waals surface area (Å²) in [7, 11) is 0. The summed E-state index contributed by atoms with van der Waals surface area (Å²) in [5.74, 6) is 0.676. The summed E-state index contributed by atoms with van der Waals surface area (Å²) in [5, 5.41) is 3.80. The van der Waals surface area contributed by atoms with Gasteiger partial charge in [0.05, 0.1) is 12.2 Å². The molecule has 0 saturated carbocycles. The Labute approximate surface area is 140 Å². The van der Waals surface area contributed by atoms with Crippen molar-refractivity contribution in [2.24, 2.45) is 0 Å². The van der Waals surface area contributed by atoms with Gasteiger partial charge in [0.15, 0.2) is 0 Å². The fraction of sp³-hybridized carbons (Fsp3) is 0.278. The maximum Gasteiger partial charge on any atom is 0.259 e. The molecule has 0 aliphatic carbocycles. The quantitative estimate of drug-likeness (QED) is 0.725. The Morgan fingerprint density at radius 3 is 2.79 bits per heavy atom. The maximum atomic E-state index is 12.8. The first-order valence-electron chi connectivity index (χ1n) is 7.96. The SMILES string of the molecule is Cc1nocc1C(=O)N(CCCc1ccccc1)Cc1ncc[nH]1. The topological polar surface area (TPSA) is 75.0 Å². The fourth-order valence-electron chi connectivity index (χ4n) is 2.60. The molecular formula is C18H20N4O2. The number of carbonyl (C=O) groups excluding carboxylic acids is 1. The number of aromatic amines is 1. The van der Waals surface area contributed by atoms with E-state index in [1.54, 1.807) is 24.2 Å². The summed E-state index contributed by atoms with van der Waals surface area (Å²) in [6, 6.07) is 10.3. The van der Waals surface area contributed by atoms with E-state index in [1.807, 2.05) is 18.2 Å². The first-order chi connectivity index (χ1) is 11.7. The highest BCUT2D eigenvalue weighted by molar-refractivity contribution is 5.94. The third-order valence-electron chi connectivity index (χ3n) is 3.90. The summed E-state index contributed by atoms with van der Waals surface area (Å²) in [4.78, 5) is 21.8. The minimum atomic E-state index is -0.0850. The molecule has 0 fully saturated rings. The van der Waals surface area contributed by atoms with Crippen LogP contribution in [0.5, 0.6) is 0 Å². The Kier molecular flexibility index (Phi) is 5.05. The zero-order chi connectivity index (χ0) is 16.8. The number of aromatic nitrogens is 3. The Morgan fingerprint density at radius 1 is 1.29 bits per heavy atom. The largest absolute Gasteiger partial charge is 0.364 e. The molecule has 0 unspecified atom stereocenters. The monoisotopic (exact) mass is 324 g/mol. The number of nitrogens with zero attached hydrogens (tertiary/aromatic N) is 3. The molecule has 0 aliphatic rings. The van der Waals surface area contributed by atoms with Crippen LogP contribution in [0.3, 0.4) is 0 Å². The molecule has 3 rings (SSSR count). The number of H-pyrrole nitrogens is 1. The second kappa shape index (κ2) is 7.59. The standard InChI is InChI=1S/C18H20N4O2/c1-14-16(13-24-21-14)18(23)22(12-17-19-9-10-20-17)11-5-8-15-6-3-2-4-7-15/h2-4,6-7,9-10,13H,5,8,11-12H2,1H3,(H,19,20). The molecule has 0 aliphatic heterocycles. The predicted molar refractivity (Wildman–Crippen MR) is 89.3 cm³/mol. The normalized spacial score (nSPS) is 10.7. The molecule has 0 atom stereocenters. The van der Waals surface area contributed by atoms with Gasteiger partial charge in [-0.25, -0.2) is 4.98 Å². The number of benzene rings is 1. The number of hydrogen-bond acceptors (Lipinski definition) is 4. The first-order valence-corrected chi connectivity index (χ1v) is 7.96. The lowest BCUT2D eigenvalue weighted by Crippen LogP contribution is -2.32. The van der Waals surface area contributed by atoms with Crippen LogP contribution < -0.4 is 0 Å². The van der Waals surface area contributed by atoms with Gasteiger partial charge < -0.3 is 14.4 Å². The van der Waals surface area contributed by atoms with Gasteiger partial charge in [-0.05, 0) is 25.3 Å². The Bertz CT molecular complexity index is 765. The molecule has 0 saturated heterocycles. The van der Waals surface area contributed by atoms with Crippen molar-refractivity contribution in [1.29, 1.82) is 0 Å². The van der Waals surface area contributed by atoms with Crippen molar-refractivity contribution < 1.29 is 9.32 Å². The number of aryl methyl sites for hydroxylation is 2. The van der Waals surface area contributed by atoms with Crippen LogP contribution in [0.1, 0.15) is 33.9 Å². The van der Waals surface area contributed by atoms with Crippen molar-refractivity contribution >= 4 is 5.91 Å². The number of carbonyl (C=O) groups is 1. The number of rotatable bonds is 7. The van der Waals surface area contributed by atoms with Crippen LogP contribution in [-0.4, -0.2) is 32.5 Å². The van der Waals surface area contributed by atoms with Crippen LogP contribution in [0, 0.1) is 6.92 Å². The van der Waals surface area contributed by atoms with Crippen LogP contribution in [0.4, 0.5) is 0 Å². The lowest BCUT2D eigenvalue weighted by atomic mass is 10.1. The molecular weight excluding hydrogens is 304 g/mol. The van der Waals surface area contributed by atoms with E-state index < -0.39 is 0 Å². The summed E-state index contributed by atoms with van der Waals surface area (Å²) in [6.45, 7) is 2.84. The van der Waals surface area contributed by atoms with Gasteiger partial charge >= 0.3 is 0 Å². The van der Waals surface area contributed by atoms with Gasteiger partial charge in [0, 0.05) is 18.9 Å². The van der Waals surface area contributed by atoms with E-state index in [9.17, 15) is 4.79 Å². The van der Waals surface area contributed by atoms with Crippen molar-refractivity contribution in [2.45, 2.75) is 26.3 Å². The molecule has 2 heterocycles. The minimum Gasteiger partial charge on any atom is -0.364 e. The Balaban J connectivity index is 1.67. The van der Waals surface area contributed by atoms with Gasteiger partial charge in [0.25, 0.3) is 5.91 Å². The molecule has 0 bridgehead atoms. The second-order valence-corrected chi connectivity index (χ2v) is 5.67. The lowest BCUT2D eigenvalue weighted by molar-refractivity contribution is 0.0736. The maximum absolute atomic E-state index is 12.8. The van der Waals surface area contributed by atoms with E-state index in [-0.39, 0.29) is 5.91 Å². The van der Waals surface area contributed by atoms with Gasteiger partial charge in [-0.1, -0.05) is 35.5 Å². The minimum absolute atomic E-state index is 0.0850. The zero-order valence-electron chi connectivity index (χ0n) is 13.6. The van der Waals surface area contributed by atoms with E-state index in [0.717, 1.165) is 18.7 Å². The molecule has 2 aromatic heterocycles. The van der Waals surface area contributed by atoms with Crippen LogP contribution in [0.2, 0.25) is 0 Å². The third-order valence-corrected chi connectivity index (χ3v) is 3.90. The Hall–Kier alpha value is -2.89. The van der Waals surface area contributed by atoms with Gasteiger partial charge in [-0.15, -0.1) is 0 Å². The van der Waals surface area contributed by atoms with Crippen LogP contribution in [-0.2, 0) is 13.0 Å². The molecule has 6 nitrogen and oxygen atoms in total. The van der Waals surface area contributed by atoms with E-state index in [0.29, 0.717) is 24.3 Å². The van der Waals surface area contributed by atoms with Gasteiger partial charge in [0.1, 0.15) is 17.7 Å². The Morgan fingerprint density at radius 2 is 2.12 bits per heavy atom. The highest BCUT2D eigenvalue weighted by atomic mass is 16.5. The molecule has 0 spiro atoms. The molecule has 6 heteroatoms. The van der Waals surface area contributed by atoms with Crippen molar-refractivity contribution in [2.75, 3.05) is 6.54 Å². The van der Waals surface area contributed by atoms with Gasteiger partial charge in [0.2, 0.25) is 0 Å². The second-order valence-electron chi connectivity index (χ2n) is 5.67. The van der Waals surface area contributed by atoms with E-state index in [2.05, 4.69) is 27.3 Å². The van der Waals surface area contributed by atoms with E-state index in [4.69, 9.17) is 4.52 Å². The van der Waals surface area contributed by atoms with Crippen molar-refractivity contribution in [1.82, 2.24) is 20.0 Å². The molecule has 0 radical (unpaired) electrons. The number of hydrogen-bond donors (Lipinski definition) is 1. The van der Waals surface area contributed by atoms with Crippen LogP contribution in [0.15, 0.2) is 53.5 Å². The number of nitrogens with one attached hydrogen (secondary N) is 1. The molecule has 124 valence electrons. The van der Waals surface area contributed by atoms with Crippen molar-refractivity contribution in [3.8, 4) is 0 Å². The smallest absolute Gasteiger partial charge is 0.259 e. The van der Waals surface area contributed by atoms with Gasteiger partial charge in [-0.3, -0.25) is 4.79 Å².